The van der Waals surface area contributed by atoms with Gasteiger partial charge in [0.05, 0.1) is 0 Å². The molecule has 4 N–H and O–H groups in total. The van der Waals surface area contributed by atoms with E-state index in [1.54, 1.807) is 4.57 Å². The first-order chi connectivity index (χ1) is 10.0. The van der Waals surface area contributed by atoms with Crippen molar-refractivity contribution < 1.29 is 0 Å². The molecule has 8 nitrogen and oxygen atoms in total. The lowest BCUT2D eigenvalue weighted by molar-refractivity contribution is 0.517. The summed E-state index contributed by atoms with van der Waals surface area (Å²) in [7, 11) is 0. The van der Waals surface area contributed by atoms with E-state index in [-0.39, 0.29) is 6.04 Å². The Balaban J connectivity index is 2.79. The Labute approximate surface area is 122 Å². The second-order valence-electron chi connectivity index (χ2n) is 4.95. The molecule has 2 aromatic heterocycles. The topological polar surface area (TPSA) is 111 Å². The van der Waals surface area contributed by atoms with Gasteiger partial charge in [0, 0.05) is 25.7 Å². The van der Waals surface area contributed by atoms with Gasteiger partial charge in [0.1, 0.15) is 0 Å². The molecule has 0 aliphatic heterocycles. The maximum Gasteiger partial charge on any atom is 0.330 e. The molecule has 0 bridgehead atoms. The number of nitrogens with one attached hydrogen (secondary N) is 2. The van der Waals surface area contributed by atoms with Gasteiger partial charge in [-0.3, -0.25) is 14.3 Å². The van der Waals surface area contributed by atoms with Crippen LogP contribution in [0.5, 0.6) is 0 Å². The van der Waals surface area contributed by atoms with Gasteiger partial charge in [-0.15, -0.1) is 0 Å². The zero-order valence-corrected chi connectivity index (χ0v) is 12.6. The van der Waals surface area contributed by atoms with E-state index >= 15 is 0 Å². The fraction of sp³-hybridized carbons (Fsp3) is 0.615. The smallest absolute Gasteiger partial charge is 0.330 e. The van der Waals surface area contributed by atoms with Gasteiger partial charge in [0.25, 0.3) is 5.56 Å². The summed E-state index contributed by atoms with van der Waals surface area (Å²) in [6.07, 6.45) is 0.769. The molecule has 0 aliphatic rings. The quantitative estimate of drug-likeness (QED) is 0.707. The Morgan fingerprint density at radius 1 is 1.38 bits per heavy atom. The number of hydrogen-bond acceptors (Lipinski definition) is 5. The minimum absolute atomic E-state index is 0.0422. The minimum atomic E-state index is -0.423. The third-order valence-electron chi connectivity index (χ3n) is 3.61. The van der Waals surface area contributed by atoms with Crippen LogP contribution in [0, 0.1) is 0 Å². The van der Waals surface area contributed by atoms with Crippen molar-refractivity contribution in [1.82, 2.24) is 19.1 Å². The first-order valence-electron chi connectivity index (χ1n) is 7.24. The number of rotatable bonds is 6. The molecule has 1 atom stereocenters. The Bertz CT molecular complexity index is 741. The first-order valence-corrected chi connectivity index (χ1v) is 7.24. The van der Waals surface area contributed by atoms with Gasteiger partial charge in [0.2, 0.25) is 5.95 Å². The molecule has 0 spiro atoms. The number of aryl methyl sites for hydroxylation is 1. The van der Waals surface area contributed by atoms with Crippen molar-refractivity contribution in [2.45, 2.75) is 39.8 Å². The summed E-state index contributed by atoms with van der Waals surface area (Å²) in [4.78, 5) is 31.1. The van der Waals surface area contributed by atoms with Gasteiger partial charge >= 0.3 is 5.69 Å². The molecule has 0 saturated heterocycles. The van der Waals surface area contributed by atoms with Crippen molar-refractivity contribution in [2.75, 3.05) is 18.4 Å². The summed E-state index contributed by atoms with van der Waals surface area (Å²) in [6.45, 7) is 7.42. The molecule has 0 fully saturated rings. The van der Waals surface area contributed by atoms with Crippen LogP contribution in [0.25, 0.3) is 11.2 Å². The first kappa shape index (κ1) is 15.3. The van der Waals surface area contributed by atoms with E-state index in [0.717, 1.165) is 6.42 Å². The molecule has 116 valence electrons. The lowest BCUT2D eigenvalue weighted by atomic mass is 10.2. The predicted octanol–water partition coefficient (Wildman–Crippen LogP) is 0.248. The van der Waals surface area contributed by atoms with E-state index in [1.165, 1.54) is 4.57 Å². The molecule has 2 heterocycles. The van der Waals surface area contributed by atoms with Crippen molar-refractivity contribution in [3.8, 4) is 0 Å². The Kier molecular flexibility index (Phi) is 4.46. The number of nitrogens with two attached hydrogens (primary N) is 1. The van der Waals surface area contributed by atoms with Crippen LogP contribution in [0.2, 0.25) is 0 Å². The summed E-state index contributed by atoms with van der Waals surface area (Å²) < 4.78 is 3.30. The van der Waals surface area contributed by atoms with Gasteiger partial charge in [-0.1, -0.05) is 6.92 Å². The predicted molar refractivity (Wildman–Crippen MR) is 82.8 cm³/mol. The second kappa shape index (κ2) is 6.13. The summed E-state index contributed by atoms with van der Waals surface area (Å²) in [6, 6.07) is -0.0422. The number of hydrogen-bond donors (Lipinski definition) is 3. The Morgan fingerprint density at radius 2 is 2.10 bits per heavy atom. The minimum Gasteiger partial charge on any atom is -0.354 e. The van der Waals surface area contributed by atoms with Crippen LogP contribution in [0.1, 0.15) is 33.2 Å². The van der Waals surface area contributed by atoms with E-state index < -0.39 is 11.2 Å². The molecular weight excluding hydrogens is 272 g/mol. The molecule has 2 rings (SSSR count). The fourth-order valence-electron chi connectivity index (χ4n) is 2.36. The van der Waals surface area contributed by atoms with E-state index in [0.29, 0.717) is 36.7 Å². The van der Waals surface area contributed by atoms with Crippen molar-refractivity contribution in [1.29, 1.82) is 0 Å². The molecule has 0 aliphatic carbocycles. The van der Waals surface area contributed by atoms with Crippen LogP contribution >= 0.6 is 0 Å². The van der Waals surface area contributed by atoms with Gasteiger partial charge in [0.15, 0.2) is 11.2 Å². The SMILES string of the molecule is CCC(C)n1c(=O)[nH]c(=O)c2c1nc(NCCN)n2CC. The molecule has 0 saturated carbocycles. The summed E-state index contributed by atoms with van der Waals surface area (Å²) >= 11 is 0. The zero-order valence-electron chi connectivity index (χ0n) is 12.6. The van der Waals surface area contributed by atoms with Crippen molar-refractivity contribution in [2.24, 2.45) is 5.73 Å². The van der Waals surface area contributed by atoms with E-state index in [1.807, 2.05) is 20.8 Å². The number of aromatic amines is 1. The van der Waals surface area contributed by atoms with Crippen LogP contribution in [0.3, 0.4) is 0 Å². The standard InChI is InChI=1S/C13H22N6O2/c1-4-8(3)19-10-9(11(20)17-13(19)21)18(5-2)12(16-10)15-7-6-14/h8H,4-7,14H2,1-3H3,(H,15,16)(H,17,20,21). The molecule has 1 unspecified atom stereocenters. The highest BCUT2D eigenvalue weighted by atomic mass is 16.2. The highest BCUT2D eigenvalue weighted by molar-refractivity contribution is 5.74. The maximum atomic E-state index is 12.1. The largest absolute Gasteiger partial charge is 0.354 e. The molecular formula is C13H22N6O2. The van der Waals surface area contributed by atoms with Gasteiger partial charge < -0.3 is 15.6 Å². The monoisotopic (exact) mass is 294 g/mol. The van der Waals surface area contributed by atoms with Gasteiger partial charge in [-0.05, 0) is 20.3 Å². The molecule has 0 radical (unpaired) electrons. The molecule has 0 aromatic carbocycles. The summed E-state index contributed by atoms with van der Waals surface area (Å²) in [5.41, 5.74) is 5.49. The van der Waals surface area contributed by atoms with Crippen molar-refractivity contribution >= 4 is 17.1 Å². The average Bonchev–Trinajstić information content (AvgIpc) is 2.83. The van der Waals surface area contributed by atoms with Crippen molar-refractivity contribution in [3.05, 3.63) is 20.8 Å². The number of H-pyrrole nitrogens is 1. The molecule has 8 heteroatoms. The Hall–Kier alpha value is -2.09. The maximum absolute atomic E-state index is 12.1. The molecule has 21 heavy (non-hydrogen) atoms. The van der Waals surface area contributed by atoms with Crippen LogP contribution in [-0.2, 0) is 6.54 Å². The lowest BCUT2D eigenvalue weighted by Gasteiger charge is -2.12. The lowest BCUT2D eigenvalue weighted by Crippen LogP contribution is -2.32. The van der Waals surface area contributed by atoms with E-state index in [4.69, 9.17) is 5.73 Å². The highest BCUT2D eigenvalue weighted by Crippen LogP contribution is 2.18. The second-order valence-corrected chi connectivity index (χ2v) is 4.95. The molecule has 2 aromatic rings. The van der Waals surface area contributed by atoms with E-state index in [2.05, 4.69) is 15.3 Å². The van der Waals surface area contributed by atoms with Crippen LogP contribution < -0.4 is 22.3 Å². The number of imidazole rings is 1. The van der Waals surface area contributed by atoms with Crippen LogP contribution in [0.15, 0.2) is 9.59 Å². The van der Waals surface area contributed by atoms with Crippen LogP contribution in [0.4, 0.5) is 5.95 Å². The number of fused-ring (bicyclic) bond motifs is 1. The van der Waals surface area contributed by atoms with E-state index in [9.17, 15) is 9.59 Å². The fourth-order valence-corrected chi connectivity index (χ4v) is 2.36. The van der Waals surface area contributed by atoms with Gasteiger partial charge in [-0.2, -0.15) is 4.98 Å². The normalized spacial score (nSPS) is 12.8. The third kappa shape index (κ3) is 2.58. The summed E-state index contributed by atoms with van der Waals surface area (Å²) in [5, 5.41) is 3.09. The van der Waals surface area contributed by atoms with Crippen molar-refractivity contribution in [3.63, 3.8) is 0 Å². The average molecular weight is 294 g/mol. The highest BCUT2D eigenvalue weighted by Gasteiger charge is 2.19. The summed E-state index contributed by atoms with van der Waals surface area (Å²) in [5.74, 6) is 0.561. The Morgan fingerprint density at radius 3 is 2.67 bits per heavy atom. The zero-order chi connectivity index (χ0) is 15.6. The third-order valence-corrected chi connectivity index (χ3v) is 3.61. The number of anilines is 1. The van der Waals surface area contributed by atoms with Crippen LogP contribution in [-0.4, -0.2) is 32.2 Å². The number of nitrogens with zero attached hydrogens (tertiary/aromatic N) is 3. The van der Waals surface area contributed by atoms with Gasteiger partial charge in [-0.25, -0.2) is 4.79 Å². The number of aromatic nitrogens is 4. The molecule has 0 amide bonds.